The van der Waals surface area contributed by atoms with Gasteiger partial charge < -0.3 is 10.0 Å². The number of carbonyl (C=O) groups excluding carboxylic acids is 2. The number of anilines is 1. The number of nitrogens with zero attached hydrogens (tertiary/aromatic N) is 1. The van der Waals surface area contributed by atoms with Crippen molar-refractivity contribution in [2.45, 2.75) is 12.8 Å². The van der Waals surface area contributed by atoms with Crippen LogP contribution < -0.4 is 4.90 Å². The van der Waals surface area contributed by atoms with Gasteiger partial charge in [0.05, 0.1) is 11.3 Å². The fraction of sp³-hybridized carbons (Fsp3) is 0.250. The second-order valence-corrected chi connectivity index (χ2v) is 3.92. The number of Topliss-reactive ketones (excluding diaryl/α,β-unsaturated/α-hetero) is 1. The van der Waals surface area contributed by atoms with Crippen molar-refractivity contribution in [3.8, 4) is 0 Å². The molecule has 1 aliphatic heterocycles. The number of carboxylic acid groups (broad SMARTS) is 1. The van der Waals surface area contributed by atoms with Crippen LogP contribution in [-0.4, -0.2) is 29.3 Å². The number of para-hydroxylation sites is 1. The molecule has 0 spiro atoms. The lowest BCUT2D eigenvalue weighted by Gasteiger charge is -2.16. The van der Waals surface area contributed by atoms with E-state index in [0.29, 0.717) is 0 Å². The second-order valence-electron chi connectivity index (χ2n) is 3.92. The largest absolute Gasteiger partial charge is 0.481 e. The molecule has 94 valence electrons. The van der Waals surface area contributed by atoms with Gasteiger partial charge in [-0.2, -0.15) is 0 Å². The normalized spacial score (nSPS) is 13.9. The van der Waals surface area contributed by atoms with Gasteiger partial charge in [-0.1, -0.05) is 6.07 Å². The Morgan fingerprint density at radius 3 is 2.72 bits per heavy atom. The van der Waals surface area contributed by atoms with Crippen LogP contribution in [0.15, 0.2) is 18.2 Å². The first-order valence-corrected chi connectivity index (χ1v) is 5.39. The highest BCUT2D eigenvalue weighted by Crippen LogP contribution is 2.31. The van der Waals surface area contributed by atoms with Gasteiger partial charge in [0.25, 0.3) is 11.7 Å². The van der Waals surface area contributed by atoms with Crippen molar-refractivity contribution < 1.29 is 23.9 Å². The Hall–Kier alpha value is -2.24. The first-order valence-electron chi connectivity index (χ1n) is 5.39. The molecular formula is C12H10FNO4. The third-order valence-electron chi connectivity index (χ3n) is 2.71. The van der Waals surface area contributed by atoms with Gasteiger partial charge in [0.15, 0.2) is 0 Å². The topological polar surface area (TPSA) is 74.7 Å². The molecule has 18 heavy (non-hydrogen) atoms. The fourth-order valence-electron chi connectivity index (χ4n) is 1.91. The van der Waals surface area contributed by atoms with Crippen molar-refractivity contribution in [2.75, 3.05) is 11.4 Å². The van der Waals surface area contributed by atoms with Crippen LogP contribution in [0, 0.1) is 5.82 Å². The van der Waals surface area contributed by atoms with Crippen LogP contribution in [0.5, 0.6) is 0 Å². The van der Waals surface area contributed by atoms with Crippen molar-refractivity contribution in [3.05, 3.63) is 29.6 Å². The molecule has 1 aromatic rings. The number of halogens is 1. The number of ketones is 1. The first-order chi connectivity index (χ1) is 8.52. The summed E-state index contributed by atoms with van der Waals surface area (Å²) in [6.45, 7) is 0.0187. The molecule has 1 heterocycles. The zero-order valence-electron chi connectivity index (χ0n) is 9.35. The highest BCUT2D eigenvalue weighted by Gasteiger charge is 2.37. The van der Waals surface area contributed by atoms with E-state index in [-0.39, 0.29) is 30.6 Å². The van der Waals surface area contributed by atoms with Gasteiger partial charge in [0.2, 0.25) is 0 Å². The lowest BCUT2D eigenvalue weighted by Crippen LogP contribution is -2.31. The molecule has 2 rings (SSSR count). The minimum absolute atomic E-state index is 0.0187. The minimum atomic E-state index is -0.998. The van der Waals surface area contributed by atoms with Gasteiger partial charge in [-0.05, 0) is 18.6 Å². The first kappa shape index (κ1) is 12.2. The number of carbonyl (C=O) groups is 3. The van der Waals surface area contributed by atoms with E-state index in [4.69, 9.17) is 5.11 Å². The van der Waals surface area contributed by atoms with Gasteiger partial charge in [-0.3, -0.25) is 14.4 Å². The maximum atomic E-state index is 13.6. The Morgan fingerprint density at radius 2 is 2.06 bits per heavy atom. The number of fused-ring (bicyclic) bond motifs is 1. The predicted molar refractivity (Wildman–Crippen MR) is 60.0 cm³/mol. The van der Waals surface area contributed by atoms with E-state index in [9.17, 15) is 18.8 Å². The number of hydrogen-bond acceptors (Lipinski definition) is 3. The minimum Gasteiger partial charge on any atom is -0.481 e. The summed E-state index contributed by atoms with van der Waals surface area (Å²) in [6, 6.07) is 3.91. The maximum Gasteiger partial charge on any atom is 0.303 e. The number of aliphatic carboxylic acids is 1. The Morgan fingerprint density at radius 1 is 1.33 bits per heavy atom. The predicted octanol–water partition coefficient (Wildman–Crippen LogP) is 1.22. The quantitative estimate of drug-likeness (QED) is 0.816. The van der Waals surface area contributed by atoms with E-state index >= 15 is 0 Å². The van der Waals surface area contributed by atoms with E-state index in [1.54, 1.807) is 0 Å². The summed E-state index contributed by atoms with van der Waals surface area (Å²) in [5.41, 5.74) is -0.00628. The van der Waals surface area contributed by atoms with Crippen molar-refractivity contribution in [3.63, 3.8) is 0 Å². The SMILES string of the molecule is O=C(O)CCCN1C(=O)C(=O)c2cccc(F)c21. The van der Waals surface area contributed by atoms with Crippen LogP contribution in [0.2, 0.25) is 0 Å². The second kappa shape index (κ2) is 4.56. The number of rotatable bonds is 4. The monoisotopic (exact) mass is 251 g/mol. The van der Waals surface area contributed by atoms with E-state index in [1.807, 2.05) is 0 Å². The zero-order chi connectivity index (χ0) is 13.3. The van der Waals surface area contributed by atoms with E-state index in [2.05, 4.69) is 0 Å². The highest BCUT2D eigenvalue weighted by atomic mass is 19.1. The van der Waals surface area contributed by atoms with Crippen LogP contribution in [0.3, 0.4) is 0 Å². The van der Waals surface area contributed by atoms with E-state index in [0.717, 1.165) is 11.0 Å². The Kier molecular flexibility index (Phi) is 3.10. The lowest BCUT2D eigenvalue weighted by atomic mass is 10.1. The van der Waals surface area contributed by atoms with E-state index < -0.39 is 23.5 Å². The molecule has 0 aliphatic carbocycles. The maximum absolute atomic E-state index is 13.6. The van der Waals surface area contributed by atoms with Crippen molar-refractivity contribution in [2.24, 2.45) is 0 Å². The Labute approximate surface area is 102 Å². The summed E-state index contributed by atoms with van der Waals surface area (Å²) in [4.78, 5) is 34.6. The lowest BCUT2D eigenvalue weighted by molar-refractivity contribution is -0.137. The van der Waals surface area contributed by atoms with Gasteiger partial charge in [0, 0.05) is 13.0 Å². The standard InChI is InChI=1S/C12H10FNO4/c13-8-4-1-3-7-10(8)14(12(18)11(7)17)6-2-5-9(15)16/h1,3-4H,2,5-6H2,(H,15,16). The van der Waals surface area contributed by atoms with Crippen LogP contribution >= 0.6 is 0 Å². The highest BCUT2D eigenvalue weighted by molar-refractivity contribution is 6.52. The summed E-state index contributed by atoms with van der Waals surface area (Å²) in [6.07, 6.45) is 0.0316. The Balaban J connectivity index is 2.25. The smallest absolute Gasteiger partial charge is 0.303 e. The van der Waals surface area contributed by atoms with E-state index in [1.165, 1.54) is 12.1 Å². The van der Waals surface area contributed by atoms with Crippen molar-refractivity contribution >= 4 is 23.3 Å². The molecule has 0 unspecified atom stereocenters. The molecule has 0 atom stereocenters. The number of carboxylic acids is 1. The third-order valence-corrected chi connectivity index (χ3v) is 2.71. The molecule has 1 N–H and O–H groups in total. The molecule has 1 amide bonds. The average Bonchev–Trinajstić information content (AvgIpc) is 2.55. The van der Waals surface area contributed by atoms with Crippen molar-refractivity contribution in [1.82, 2.24) is 0 Å². The van der Waals surface area contributed by atoms with Gasteiger partial charge in [-0.15, -0.1) is 0 Å². The van der Waals surface area contributed by atoms with Crippen LogP contribution in [0.25, 0.3) is 0 Å². The summed E-state index contributed by atoms with van der Waals surface area (Å²) < 4.78 is 13.6. The van der Waals surface area contributed by atoms with Crippen LogP contribution in [0.1, 0.15) is 23.2 Å². The molecular weight excluding hydrogens is 241 g/mol. The summed E-state index contributed by atoms with van der Waals surface area (Å²) in [5, 5.41) is 8.51. The van der Waals surface area contributed by atoms with Gasteiger partial charge in [0.1, 0.15) is 5.82 Å². The van der Waals surface area contributed by atoms with Crippen LogP contribution in [0.4, 0.5) is 10.1 Å². The molecule has 0 saturated heterocycles. The molecule has 1 aliphatic rings. The third kappa shape index (κ3) is 1.97. The summed E-state index contributed by atoms with van der Waals surface area (Å²) in [7, 11) is 0. The fourth-order valence-corrected chi connectivity index (χ4v) is 1.91. The van der Waals surface area contributed by atoms with Gasteiger partial charge in [-0.25, -0.2) is 4.39 Å². The zero-order valence-corrected chi connectivity index (χ0v) is 9.35. The molecule has 0 radical (unpaired) electrons. The molecule has 0 bridgehead atoms. The molecule has 6 heteroatoms. The van der Waals surface area contributed by atoms with Crippen LogP contribution in [-0.2, 0) is 9.59 Å². The number of benzene rings is 1. The molecule has 5 nitrogen and oxygen atoms in total. The Bertz CT molecular complexity index is 541. The van der Waals surface area contributed by atoms with Gasteiger partial charge >= 0.3 is 5.97 Å². The number of hydrogen-bond donors (Lipinski definition) is 1. The molecule has 0 aromatic heterocycles. The molecule has 1 aromatic carbocycles. The molecule has 0 fully saturated rings. The number of amides is 1. The summed E-state index contributed by atoms with van der Waals surface area (Å²) in [5.74, 6) is -3.20. The molecule has 0 saturated carbocycles. The average molecular weight is 251 g/mol. The van der Waals surface area contributed by atoms with Crippen molar-refractivity contribution in [1.29, 1.82) is 0 Å². The summed E-state index contributed by atoms with van der Waals surface area (Å²) >= 11 is 0.